The highest BCUT2D eigenvalue weighted by Gasteiger charge is 2.19. The number of hydrogen-bond donors (Lipinski definition) is 1. The Kier molecular flexibility index (Phi) is 4.91. The number of aryl methyl sites for hydroxylation is 1. The van der Waals surface area contributed by atoms with Crippen molar-refractivity contribution < 1.29 is 9.50 Å². The molecule has 1 aliphatic heterocycles. The van der Waals surface area contributed by atoms with Gasteiger partial charge in [0.1, 0.15) is 5.82 Å². The van der Waals surface area contributed by atoms with Gasteiger partial charge in [-0.05, 0) is 30.2 Å². The predicted molar refractivity (Wildman–Crippen MR) is 113 cm³/mol. The maximum absolute atomic E-state index is 14.1. The van der Waals surface area contributed by atoms with Gasteiger partial charge in [0.25, 0.3) is 0 Å². The lowest BCUT2D eigenvalue weighted by Crippen LogP contribution is -2.14. The Morgan fingerprint density at radius 3 is 2.82 bits per heavy atom. The summed E-state index contributed by atoms with van der Waals surface area (Å²) in [6.07, 6.45) is 4.33. The average molecular weight is 415 g/mol. The number of benzene rings is 2. The van der Waals surface area contributed by atoms with Crippen molar-refractivity contribution in [3.05, 3.63) is 78.5 Å². The van der Waals surface area contributed by atoms with Gasteiger partial charge in [-0.25, -0.2) is 4.39 Å². The molecule has 0 aliphatic carbocycles. The molecule has 0 saturated carbocycles. The Hall–Kier alpha value is -2.70. The van der Waals surface area contributed by atoms with E-state index in [1.165, 1.54) is 12.1 Å². The summed E-state index contributed by atoms with van der Waals surface area (Å²) in [4.78, 5) is 16.9. The molecule has 0 spiro atoms. The molecule has 7 heteroatoms. The van der Waals surface area contributed by atoms with E-state index in [0.717, 1.165) is 44.7 Å². The number of hydrogen-bond acceptors (Lipinski definition) is 4. The van der Waals surface area contributed by atoms with Crippen molar-refractivity contribution in [3.63, 3.8) is 0 Å². The zero-order chi connectivity index (χ0) is 19.8. The van der Waals surface area contributed by atoms with Gasteiger partial charge in [-0.3, -0.25) is 14.4 Å². The van der Waals surface area contributed by atoms with Crippen LogP contribution in [0.1, 0.15) is 28.5 Å². The lowest BCUT2D eigenvalue weighted by molar-refractivity contribution is 0.418. The van der Waals surface area contributed by atoms with Crippen LogP contribution >= 0.6 is 22.9 Å². The number of halogens is 2. The van der Waals surface area contributed by atoms with Gasteiger partial charge in [0, 0.05) is 27.9 Å². The topological polar surface area (TPSA) is 54.6 Å². The van der Waals surface area contributed by atoms with E-state index in [0.29, 0.717) is 4.88 Å². The zero-order valence-corrected chi connectivity index (χ0v) is 16.5. The summed E-state index contributed by atoms with van der Waals surface area (Å²) in [5.41, 5.74) is 4.00. The zero-order valence-electron chi connectivity index (χ0n) is 14.9. The molecule has 0 saturated heterocycles. The Morgan fingerprint density at radius 2 is 2.07 bits per heavy atom. The predicted octanol–water partition coefficient (Wildman–Crippen LogP) is 5.28. The van der Waals surface area contributed by atoms with Crippen LogP contribution < -0.4 is 4.87 Å². The summed E-state index contributed by atoms with van der Waals surface area (Å²) < 4.78 is 15.2. The van der Waals surface area contributed by atoms with Crippen LogP contribution in [0.15, 0.2) is 46.2 Å². The van der Waals surface area contributed by atoms with Crippen molar-refractivity contribution in [1.29, 1.82) is 0 Å². The van der Waals surface area contributed by atoms with Crippen LogP contribution in [0.5, 0.6) is 5.88 Å². The second-order valence-corrected chi connectivity index (χ2v) is 7.77. The minimum absolute atomic E-state index is 0.138. The quantitative estimate of drug-likeness (QED) is 0.631. The molecule has 0 fully saturated rings. The standard InChI is InChI=1S/C21H16ClFN2O2S/c1-2-12-5-3-6-14-13(10-24-19(12)14)9-18-20(26)25(21(27)28-18)11-15-16(22)7-4-8-17(15)23/h3-10,26H,2,11H2,1H3/b13-9+. The number of fused-ring (bicyclic) bond motifs is 1. The number of rotatable bonds is 4. The summed E-state index contributed by atoms with van der Waals surface area (Å²) in [6.45, 7) is 1.93. The summed E-state index contributed by atoms with van der Waals surface area (Å²) in [6, 6.07) is 10.3. The van der Waals surface area contributed by atoms with E-state index in [1.807, 2.05) is 18.2 Å². The largest absolute Gasteiger partial charge is 0.493 e. The van der Waals surface area contributed by atoms with Gasteiger partial charge < -0.3 is 5.11 Å². The van der Waals surface area contributed by atoms with Crippen molar-refractivity contribution in [2.45, 2.75) is 19.9 Å². The molecular weight excluding hydrogens is 399 g/mol. The van der Waals surface area contributed by atoms with Crippen LogP contribution in [-0.4, -0.2) is 15.9 Å². The molecule has 2 aromatic carbocycles. The monoisotopic (exact) mass is 414 g/mol. The molecule has 3 aromatic rings. The molecule has 4 nitrogen and oxygen atoms in total. The summed E-state index contributed by atoms with van der Waals surface area (Å²) in [5, 5.41) is 10.8. The van der Waals surface area contributed by atoms with E-state index in [9.17, 15) is 14.3 Å². The number of para-hydroxylation sites is 1. The first-order chi connectivity index (χ1) is 13.5. The maximum Gasteiger partial charge on any atom is 0.310 e. The van der Waals surface area contributed by atoms with Crippen LogP contribution in [0.3, 0.4) is 0 Å². The van der Waals surface area contributed by atoms with Gasteiger partial charge in [-0.2, -0.15) is 0 Å². The molecule has 0 radical (unpaired) electrons. The number of thiazole rings is 1. The number of nitrogens with zero attached hydrogens (tertiary/aromatic N) is 2. The molecule has 1 N–H and O–H groups in total. The third-order valence-corrected chi connectivity index (χ3v) is 5.97. The molecule has 0 unspecified atom stereocenters. The fourth-order valence-electron chi connectivity index (χ4n) is 3.21. The third kappa shape index (κ3) is 3.19. The highest BCUT2D eigenvalue weighted by atomic mass is 35.5. The number of allylic oxidation sites excluding steroid dienone is 1. The molecule has 0 bridgehead atoms. The fraction of sp³-hybridized carbons (Fsp3) is 0.143. The summed E-state index contributed by atoms with van der Waals surface area (Å²) >= 11 is 6.95. The first-order valence-corrected chi connectivity index (χ1v) is 9.92. The van der Waals surface area contributed by atoms with Crippen molar-refractivity contribution in [2.75, 3.05) is 0 Å². The lowest BCUT2D eigenvalue weighted by Gasteiger charge is -2.07. The molecule has 0 amide bonds. The summed E-state index contributed by atoms with van der Waals surface area (Å²) in [5.74, 6) is -0.732. The van der Waals surface area contributed by atoms with E-state index in [-0.39, 0.29) is 27.9 Å². The highest BCUT2D eigenvalue weighted by Crippen LogP contribution is 2.37. The molecule has 1 aromatic heterocycles. The number of aromatic hydroxyl groups is 1. The Labute approximate surface area is 169 Å². The van der Waals surface area contributed by atoms with Crippen molar-refractivity contribution >= 4 is 46.5 Å². The highest BCUT2D eigenvalue weighted by molar-refractivity contribution is 7.10. The van der Waals surface area contributed by atoms with E-state index >= 15 is 0 Å². The SMILES string of the molecule is CCc1cccc2c1N=C/C2=C\c1sc(=O)n(Cc2c(F)cccc2Cl)c1O. The molecule has 28 heavy (non-hydrogen) atoms. The van der Waals surface area contributed by atoms with Gasteiger partial charge in [-0.1, -0.05) is 54.1 Å². The van der Waals surface area contributed by atoms with Gasteiger partial charge in [-0.15, -0.1) is 0 Å². The van der Waals surface area contributed by atoms with Crippen molar-refractivity contribution in [1.82, 2.24) is 4.57 Å². The minimum Gasteiger partial charge on any atom is -0.493 e. The summed E-state index contributed by atoms with van der Waals surface area (Å²) in [7, 11) is 0. The minimum atomic E-state index is -0.520. The van der Waals surface area contributed by atoms with Crippen molar-refractivity contribution in [3.8, 4) is 5.88 Å². The van der Waals surface area contributed by atoms with Crippen LogP contribution in [0.25, 0.3) is 11.6 Å². The normalized spacial score (nSPS) is 14.0. The van der Waals surface area contributed by atoms with E-state index in [4.69, 9.17) is 11.6 Å². The second kappa shape index (κ2) is 7.37. The molecular formula is C21H16ClFN2O2S. The van der Waals surface area contributed by atoms with Gasteiger partial charge >= 0.3 is 4.87 Å². The first kappa shape index (κ1) is 18.7. The third-order valence-electron chi connectivity index (χ3n) is 4.70. The number of aliphatic imine (C=N–C) groups is 1. The number of aromatic nitrogens is 1. The Bertz CT molecular complexity index is 1170. The van der Waals surface area contributed by atoms with E-state index < -0.39 is 5.82 Å². The van der Waals surface area contributed by atoms with Crippen molar-refractivity contribution in [2.24, 2.45) is 4.99 Å². The van der Waals surface area contributed by atoms with Crippen LogP contribution in [-0.2, 0) is 13.0 Å². The second-order valence-electron chi connectivity index (χ2n) is 6.37. The van der Waals surface area contributed by atoms with Crippen LogP contribution in [0.4, 0.5) is 10.1 Å². The van der Waals surface area contributed by atoms with Gasteiger partial charge in [0.15, 0.2) is 0 Å². The van der Waals surface area contributed by atoms with Gasteiger partial charge in [0.05, 0.1) is 17.1 Å². The average Bonchev–Trinajstić information content (AvgIpc) is 3.20. The van der Waals surface area contributed by atoms with Gasteiger partial charge in [0.2, 0.25) is 5.88 Å². The molecule has 0 atom stereocenters. The molecule has 2 heterocycles. The smallest absolute Gasteiger partial charge is 0.310 e. The van der Waals surface area contributed by atoms with Crippen LogP contribution in [0, 0.1) is 5.82 Å². The Morgan fingerprint density at radius 1 is 1.29 bits per heavy atom. The lowest BCUT2D eigenvalue weighted by atomic mass is 10.0. The first-order valence-electron chi connectivity index (χ1n) is 8.73. The Balaban J connectivity index is 1.74. The fourth-order valence-corrected chi connectivity index (χ4v) is 4.27. The molecule has 4 rings (SSSR count). The maximum atomic E-state index is 14.1. The van der Waals surface area contributed by atoms with E-state index in [1.54, 1.807) is 18.4 Å². The van der Waals surface area contributed by atoms with E-state index in [2.05, 4.69) is 11.9 Å². The molecule has 142 valence electrons. The molecule has 1 aliphatic rings. The van der Waals surface area contributed by atoms with Crippen LogP contribution in [0.2, 0.25) is 5.02 Å².